The Hall–Kier alpha value is -2.16. The lowest BCUT2D eigenvalue weighted by Gasteiger charge is -2.20. The molecule has 1 amide bonds. The van der Waals surface area contributed by atoms with Gasteiger partial charge in [0.2, 0.25) is 5.91 Å². The van der Waals surface area contributed by atoms with E-state index in [1.165, 1.54) is 11.1 Å². The van der Waals surface area contributed by atoms with Crippen molar-refractivity contribution in [3.05, 3.63) is 58.9 Å². The van der Waals surface area contributed by atoms with Crippen LogP contribution in [0.2, 0.25) is 0 Å². The van der Waals surface area contributed by atoms with E-state index < -0.39 is 5.41 Å². The van der Waals surface area contributed by atoms with Crippen molar-refractivity contribution in [3.8, 4) is 0 Å². The maximum absolute atomic E-state index is 12.6. The second-order valence-electron chi connectivity index (χ2n) is 6.46. The molecule has 1 atom stereocenters. The van der Waals surface area contributed by atoms with E-state index in [1.807, 2.05) is 24.4 Å². The van der Waals surface area contributed by atoms with Gasteiger partial charge < -0.3 is 5.32 Å². The van der Waals surface area contributed by atoms with Crippen LogP contribution in [0.5, 0.6) is 0 Å². The molecule has 1 aromatic heterocycles. The van der Waals surface area contributed by atoms with Crippen LogP contribution in [-0.4, -0.2) is 10.9 Å². The number of carbonyl (C=O) groups excluding carboxylic acids is 1. The van der Waals surface area contributed by atoms with Crippen LogP contribution in [0.1, 0.15) is 42.1 Å². The highest BCUT2D eigenvalue weighted by molar-refractivity contribution is 6.07. The van der Waals surface area contributed by atoms with Crippen LogP contribution in [-0.2, 0) is 23.1 Å². The van der Waals surface area contributed by atoms with Crippen LogP contribution in [0.3, 0.4) is 0 Å². The molecule has 3 nitrogen and oxygen atoms in total. The Labute approximate surface area is 124 Å². The van der Waals surface area contributed by atoms with Crippen LogP contribution in [0.15, 0.2) is 36.5 Å². The van der Waals surface area contributed by atoms with Crippen LogP contribution < -0.4 is 5.32 Å². The zero-order valence-corrected chi connectivity index (χ0v) is 12.3. The van der Waals surface area contributed by atoms with Gasteiger partial charge in [0.1, 0.15) is 0 Å². The van der Waals surface area contributed by atoms with Crippen molar-refractivity contribution in [2.75, 3.05) is 5.32 Å². The summed E-state index contributed by atoms with van der Waals surface area (Å²) >= 11 is 0. The summed E-state index contributed by atoms with van der Waals surface area (Å²) < 4.78 is 0. The predicted molar refractivity (Wildman–Crippen MR) is 82.5 cm³/mol. The van der Waals surface area contributed by atoms with Gasteiger partial charge in [0.05, 0.1) is 5.41 Å². The lowest BCUT2D eigenvalue weighted by Crippen LogP contribution is -2.35. The smallest absolute Gasteiger partial charge is 0.235 e. The number of carbonyl (C=O) groups is 1. The summed E-state index contributed by atoms with van der Waals surface area (Å²) in [5.74, 6) is 0.580. The maximum Gasteiger partial charge on any atom is 0.235 e. The largest absolute Gasteiger partial charge is 0.325 e. The zero-order valence-electron chi connectivity index (χ0n) is 12.3. The first kappa shape index (κ1) is 12.6. The number of nitrogens with one attached hydrogen (secondary N) is 1. The highest BCUT2D eigenvalue weighted by Gasteiger charge is 2.50. The van der Waals surface area contributed by atoms with Gasteiger partial charge in [-0.3, -0.25) is 9.78 Å². The summed E-state index contributed by atoms with van der Waals surface area (Å²) in [6, 6.07) is 10.3. The number of aromatic nitrogens is 1. The van der Waals surface area contributed by atoms with Crippen molar-refractivity contribution in [2.24, 2.45) is 0 Å². The molecule has 2 aromatic rings. The number of hydrogen-bond acceptors (Lipinski definition) is 2. The van der Waals surface area contributed by atoms with E-state index in [-0.39, 0.29) is 5.91 Å². The fourth-order valence-electron chi connectivity index (χ4n) is 3.58. The van der Waals surface area contributed by atoms with Crippen molar-refractivity contribution in [3.63, 3.8) is 0 Å². The van der Waals surface area contributed by atoms with Gasteiger partial charge in [-0.2, -0.15) is 0 Å². The van der Waals surface area contributed by atoms with Crippen molar-refractivity contribution in [1.82, 2.24) is 4.98 Å². The van der Waals surface area contributed by atoms with Gasteiger partial charge in [-0.1, -0.05) is 38.1 Å². The molecule has 3 heteroatoms. The molecular weight excluding hydrogens is 260 g/mol. The normalized spacial score (nSPS) is 22.5. The second-order valence-corrected chi connectivity index (χ2v) is 6.46. The first-order valence-electron chi connectivity index (χ1n) is 7.49. The summed E-state index contributed by atoms with van der Waals surface area (Å²) in [5.41, 5.74) is 5.19. The highest BCUT2D eigenvalue weighted by atomic mass is 16.2. The lowest BCUT2D eigenvalue weighted by atomic mass is 9.79. The third kappa shape index (κ3) is 1.67. The topological polar surface area (TPSA) is 42.0 Å². The third-order valence-electron chi connectivity index (χ3n) is 4.83. The minimum Gasteiger partial charge on any atom is -0.325 e. The van der Waals surface area contributed by atoms with Gasteiger partial charge in [0.15, 0.2) is 0 Å². The number of fused-ring (bicyclic) bond motifs is 3. The molecule has 0 bridgehead atoms. The first-order chi connectivity index (χ1) is 10.1. The van der Waals surface area contributed by atoms with Crippen molar-refractivity contribution >= 4 is 11.6 Å². The zero-order chi connectivity index (χ0) is 14.6. The first-order valence-corrected chi connectivity index (χ1v) is 7.49. The average molecular weight is 278 g/mol. The van der Waals surface area contributed by atoms with Gasteiger partial charge in [-0.15, -0.1) is 0 Å². The molecule has 1 spiro atoms. The molecule has 0 saturated heterocycles. The van der Waals surface area contributed by atoms with E-state index in [9.17, 15) is 4.79 Å². The number of hydrogen-bond donors (Lipinski definition) is 1. The van der Waals surface area contributed by atoms with Crippen molar-refractivity contribution in [1.29, 1.82) is 0 Å². The molecule has 1 aromatic carbocycles. The lowest BCUT2D eigenvalue weighted by molar-refractivity contribution is -0.120. The van der Waals surface area contributed by atoms with Gasteiger partial charge in [0, 0.05) is 24.0 Å². The Bertz CT molecular complexity index is 751. The van der Waals surface area contributed by atoms with E-state index in [0.29, 0.717) is 12.3 Å². The Balaban J connectivity index is 1.81. The summed E-state index contributed by atoms with van der Waals surface area (Å²) in [6.07, 6.45) is 3.43. The molecule has 21 heavy (non-hydrogen) atoms. The summed E-state index contributed by atoms with van der Waals surface area (Å²) in [5, 5.41) is 3.04. The summed E-state index contributed by atoms with van der Waals surface area (Å²) in [4.78, 5) is 17.2. The van der Waals surface area contributed by atoms with E-state index in [0.717, 1.165) is 23.4 Å². The average Bonchev–Trinajstić information content (AvgIpc) is 2.98. The number of rotatable bonds is 1. The van der Waals surface area contributed by atoms with Crippen LogP contribution >= 0.6 is 0 Å². The van der Waals surface area contributed by atoms with Crippen LogP contribution in [0.25, 0.3) is 0 Å². The number of amides is 1. The summed E-state index contributed by atoms with van der Waals surface area (Å²) in [6.45, 7) is 4.34. The summed E-state index contributed by atoms with van der Waals surface area (Å²) in [7, 11) is 0. The second kappa shape index (κ2) is 4.17. The van der Waals surface area contributed by atoms with E-state index in [2.05, 4.69) is 36.3 Å². The van der Waals surface area contributed by atoms with E-state index >= 15 is 0 Å². The minimum absolute atomic E-state index is 0.118. The molecule has 0 fully saturated rings. The molecule has 2 heterocycles. The Morgan fingerprint density at radius 2 is 2.05 bits per heavy atom. The van der Waals surface area contributed by atoms with Gasteiger partial charge >= 0.3 is 0 Å². The predicted octanol–water partition coefficient (Wildman–Crippen LogP) is 3.19. The molecule has 0 saturated carbocycles. The highest BCUT2D eigenvalue weighted by Crippen LogP contribution is 2.46. The number of anilines is 1. The molecule has 1 aliphatic carbocycles. The Morgan fingerprint density at radius 3 is 2.86 bits per heavy atom. The van der Waals surface area contributed by atoms with Gasteiger partial charge in [-0.05, 0) is 35.1 Å². The molecule has 2 aliphatic rings. The number of pyridine rings is 1. The quantitative estimate of drug-likeness (QED) is 0.870. The van der Waals surface area contributed by atoms with Crippen molar-refractivity contribution in [2.45, 2.75) is 38.0 Å². The Kier molecular flexibility index (Phi) is 2.49. The van der Waals surface area contributed by atoms with Crippen LogP contribution in [0, 0.1) is 0 Å². The number of benzene rings is 1. The molecule has 1 N–H and O–H groups in total. The van der Waals surface area contributed by atoms with Gasteiger partial charge in [-0.25, -0.2) is 0 Å². The fraction of sp³-hybridized carbons (Fsp3) is 0.333. The third-order valence-corrected chi connectivity index (χ3v) is 4.83. The molecule has 0 unspecified atom stereocenters. The van der Waals surface area contributed by atoms with Gasteiger partial charge in [0.25, 0.3) is 0 Å². The molecule has 106 valence electrons. The minimum atomic E-state index is -0.443. The number of para-hydroxylation sites is 1. The SMILES string of the molecule is CC(C)c1cnc2c(c1)C[C@@]1(C2)C(=O)Nc2ccccc21. The standard InChI is InChI=1S/C18H18N2O/c1-11(2)13-7-12-8-18(9-16(12)19-10-13)14-5-3-4-6-15(14)20-17(18)21/h3-7,10-11H,8-9H2,1-2H3,(H,20,21)/t18-/m0/s1. The number of nitrogens with zero attached hydrogens (tertiary/aromatic N) is 1. The van der Waals surface area contributed by atoms with Crippen LogP contribution in [0.4, 0.5) is 5.69 Å². The Morgan fingerprint density at radius 1 is 1.24 bits per heavy atom. The maximum atomic E-state index is 12.6. The van der Waals surface area contributed by atoms with E-state index in [4.69, 9.17) is 0 Å². The monoisotopic (exact) mass is 278 g/mol. The fourth-order valence-corrected chi connectivity index (χ4v) is 3.58. The van der Waals surface area contributed by atoms with Crippen molar-refractivity contribution < 1.29 is 4.79 Å². The molecule has 4 rings (SSSR count). The molecule has 0 radical (unpaired) electrons. The van der Waals surface area contributed by atoms with E-state index in [1.54, 1.807) is 0 Å². The molecule has 1 aliphatic heterocycles. The molecular formula is C18H18N2O.